The number of Topliss-reactive ketones (excluding diaryl/α,β-unsaturated/α-hetero) is 2. The van der Waals surface area contributed by atoms with Gasteiger partial charge in [0.1, 0.15) is 11.3 Å². The van der Waals surface area contributed by atoms with Crippen LogP contribution >= 0.6 is 0 Å². The fourth-order valence-corrected chi connectivity index (χ4v) is 3.73. The summed E-state index contributed by atoms with van der Waals surface area (Å²) < 4.78 is 1.94. The zero-order valence-electron chi connectivity index (χ0n) is 19.7. The molecule has 34 heavy (non-hydrogen) atoms. The summed E-state index contributed by atoms with van der Waals surface area (Å²) in [5.41, 5.74) is 7.00. The largest absolute Gasteiger partial charge is 0.378 e. The lowest BCUT2D eigenvalue weighted by molar-refractivity contribution is -0.117. The maximum absolute atomic E-state index is 13.0. The summed E-state index contributed by atoms with van der Waals surface area (Å²) in [7, 11) is 0. The lowest BCUT2D eigenvalue weighted by atomic mass is 9.98. The lowest BCUT2D eigenvalue weighted by Gasteiger charge is -2.11. The Balaban J connectivity index is 1.50. The van der Waals surface area contributed by atoms with Crippen molar-refractivity contribution in [3.05, 3.63) is 101 Å². The Bertz CT molecular complexity index is 1440. The third-order valence-electron chi connectivity index (χ3n) is 5.83. The minimum atomic E-state index is 0.0409. The average molecular weight is 450 g/mol. The van der Waals surface area contributed by atoms with Crippen molar-refractivity contribution in [2.45, 2.75) is 33.6 Å². The van der Waals surface area contributed by atoms with Crippen LogP contribution < -0.4 is 5.32 Å². The number of pyridine rings is 1. The molecule has 0 saturated carbocycles. The molecule has 0 fully saturated rings. The molecule has 5 nitrogen and oxygen atoms in total. The predicted octanol–water partition coefficient (Wildman–Crippen LogP) is 5.17. The molecule has 0 bridgehead atoms. The summed E-state index contributed by atoms with van der Waals surface area (Å²) in [6.07, 6.45) is 4.51. The van der Waals surface area contributed by atoms with Crippen LogP contribution in [0.25, 0.3) is 5.65 Å². The Morgan fingerprint density at radius 3 is 2.65 bits per heavy atom. The molecule has 2 heterocycles. The Hall–Kier alpha value is -4.17. The third kappa shape index (κ3) is 5.24. The fourth-order valence-electron chi connectivity index (χ4n) is 3.73. The number of nitrogens with one attached hydrogen (secondary N) is 1. The number of hydrogen-bond donors (Lipinski definition) is 1. The Labute approximate surface area is 199 Å². The molecule has 1 N–H and O–H groups in total. The molecule has 0 radical (unpaired) electrons. The van der Waals surface area contributed by atoms with Crippen LogP contribution in [0.3, 0.4) is 0 Å². The molecule has 0 aliphatic carbocycles. The van der Waals surface area contributed by atoms with Crippen LogP contribution in [0.5, 0.6) is 0 Å². The van der Waals surface area contributed by atoms with Crippen molar-refractivity contribution >= 4 is 22.9 Å². The first-order valence-electron chi connectivity index (χ1n) is 11.4. The Morgan fingerprint density at radius 2 is 1.85 bits per heavy atom. The SMILES string of the molecule is CCC(=O)CNc1ccc(CC(=O)c2ccc(C)c(C#Cc3cnc4ccccn34)c2)cc1C. The standard InChI is InChI=1S/C29H27N3O2/c1-4-26(33)19-30-27-13-9-22(15-21(27)3)16-28(34)24-10-8-20(2)23(17-24)11-12-25-18-31-29-7-5-6-14-32(25)29/h5-10,13-15,17-18,30H,4,16,19H2,1-3H3. The summed E-state index contributed by atoms with van der Waals surface area (Å²) in [6.45, 7) is 6.14. The van der Waals surface area contributed by atoms with E-state index in [4.69, 9.17) is 0 Å². The van der Waals surface area contributed by atoms with E-state index < -0.39 is 0 Å². The van der Waals surface area contributed by atoms with Gasteiger partial charge in [-0.2, -0.15) is 0 Å². The van der Waals surface area contributed by atoms with Gasteiger partial charge < -0.3 is 5.32 Å². The van der Waals surface area contributed by atoms with E-state index in [2.05, 4.69) is 22.1 Å². The van der Waals surface area contributed by atoms with Crippen molar-refractivity contribution in [1.82, 2.24) is 9.38 Å². The van der Waals surface area contributed by atoms with Crippen LogP contribution in [0.15, 0.2) is 67.0 Å². The molecule has 0 saturated heterocycles. The molecule has 170 valence electrons. The topological polar surface area (TPSA) is 63.5 Å². The smallest absolute Gasteiger partial charge is 0.167 e. The van der Waals surface area contributed by atoms with E-state index in [9.17, 15) is 9.59 Å². The van der Waals surface area contributed by atoms with Gasteiger partial charge in [0.05, 0.1) is 12.7 Å². The maximum Gasteiger partial charge on any atom is 0.167 e. The summed E-state index contributed by atoms with van der Waals surface area (Å²) in [6, 6.07) is 17.3. The van der Waals surface area contributed by atoms with Crippen LogP contribution in [0.1, 0.15) is 51.7 Å². The van der Waals surface area contributed by atoms with Crippen LogP contribution in [-0.2, 0) is 11.2 Å². The second kappa shape index (κ2) is 10.2. The number of ketones is 2. The zero-order chi connectivity index (χ0) is 24.1. The Kier molecular flexibility index (Phi) is 6.89. The van der Waals surface area contributed by atoms with Gasteiger partial charge in [0.15, 0.2) is 11.6 Å². The van der Waals surface area contributed by atoms with Gasteiger partial charge in [0.25, 0.3) is 0 Å². The predicted molar refractivity (Wildman–Crippen MR) is 135 cm³/mol. The van der Waals surface area contributed by atoms with Crippen molar-refractivity contribution in [2.24, 2.45) is 0 Å². The van der Waals surface area contributed by atoms with Gasteiger partial charge in [-0.15, -0.1) is 0 Å². The van der Waals surface area contributed by atoms with Crippen molar-refractivity contribution in [3.63, 3.8) is 0 Å². The highest BCUT2D eigenvalue weighted by Crippen LogP contribution is 2.19. The van der Waals surface area contributed by atoms with Gasteiger partial charge in [0, 0.05) is 35.9 Å². The van der Waals surface area contributed by atoms with E-state index in [-0.39, 0.29) is 11.6 Å². The van der Waals surface area contributed by atoms with Crippen LogP contribution in [0, 0.1) is 25.7 Å². The van der Waals surface area contributed by atoms with E-state index >= 15 is 0 Å². The molecule has 0 aliphatic rings. The maximum atomic E-state index is 13.0. The van der Waals surface area contributed by atoms with Crippen molar-refractivity contribution in [2.75, 3.05) is 11.9 Å². The quantitative estimate of drug-likeness (QED) is 0.312. The van der Waals surface area contributed by atoms with Gasteiger partial charge in [-0.1, -0.05) is 43.2 Å². The first-order valence-corrected chi connectivity index (χ1v) is 11.4. The molecule has 2 aromatic heterocycles. The van der Waals surface area contributed by atoms with Gasteiger partial charge in [-0.3, -0.25) is 14.0 Å². The summed E-state index contributed by atoms with van der Waals surface area (Å²) in [4.78, 5) is 28.9. The number of nitrogens with zero attached hydrogens (tertiary/aromatic N) is 2. The molecule has 0 unspecified atom stereocenters. The first kappa shape index (κ1) is 23.0. The fraction of sp³-hybridized carbons (Fsp3) is 0.207. The van der Waals surface area contributed by atoms with E-state index in [1.54, 1.807) is 6.20 Å². The summed E-state index contributed by atoms with van der Waals surface area (Å²) in [5.74, 6) is 6.60. The normalized spacial score (nSPS) is 10.6. The van der Waals surface area contributed by atoms with E-state index in [1.807, 2.05) is 86.0 Å². The number of carbonyl (C=O) groups is 2. The molecular weight excluding hydrogens is 422 g/mol. The number of aryl methyl sites for hydroxylation is 2. The van der Waals surface area contributed by atoms with Crippen LogP contribution in [0.2, 0.25) is 0 Å². The minimum Gasteiger partial charge on any atom is -0.378 e. The number of fused-ring (bicyclic) bond motifs is 1. The highest BCUT2D eigenvalue weighted by atomic mass is 16.1. The van der Waals surface area contributed by atoms with Crippen LogP contribution in [0.4, 0.5) is 5.69 Å². The highest BCUT2D eigenvalue weighted by molar-refractivity contribution is 5.98. The average Bonchev–Trinajstić information content (AvgIpc) is 3.26. The van der Waals surface area contributed by atoms with Crippen LogP contribution in [-0.4, -0.2) is 27.5 Å². The number of aromatic nitrogens is 2. The van der Waals surface area contributed by atoms with E-state index in [0.29, 0.717) is 24.9 Å². The summed E-state index contributed by atoms with van der Waals surface area (Å²) in [5, 5.41) is 3.17. The second-order valence-electron chi connectivity index (χ2n) is 8.35. The monoisotopic (exact) mass is 449 g/mol. The number of benzene rings is 2. The molecule has 0 amide bonds. The molecule has 0 spiro atoms. The minimum absolute atomic E-state index is 0.0409. The molecule has 2 aromatic carbocycles. The van der Waals surface area contributed by atoms with E-state index in [0.717, 1.165) is 39.3 Å². The number of hydrogen-bond acceptors (Lipinski definition) is 4. The molecule has 0 aliphatic heterocycles. The molecule has 0 atom stereocenters. The van der Waals surface area contributed by atoms with Crippen molar-refractivity contribution in [1.29, 1.82) is 0 Å². The van der Waals surface area contributed by atoms with Gasteiger partial charge in [-0.25, -0.2) is 4.98 Å². The second-order valence-corrected chi connectivity index (χ2v) is 8.35. The number of anilines is 1. The zero-order valence-corrected chi connectivity index (χ0v) is 19.7. The van der Waals surface area contributed by atoms with Gasteiger partial charge >= 0.3 is 0 Å². The molecular formula is C29H27N3O2. The van der Waals surface area contributed by atoms with Gasteiger partial charge in [-0.05, 0) is 60.7 Å². The van der Waals surface area contributed by atoms with Crippen molar-refractivity contribution < 1.29 is 9.59 Å². The molecule has 4 rings (SSSR count). The number of carbonyl (C=O) groups excluding carboxylic acids is 2. The van der Waals surface area contributed by atoms with E-state index in [1.165, 1.54) is 0 Å². The first-order chi connectivity index (χ1) is 16.4. The van der Waals surface area contributed by atoms with Gasteiger partial charge in [0.2, 0.25) is 0 Å². The molecule has 4 aromatic rings. The highest BCUT2D eigenvalue weighted by Gasteiger charge is 2.11. The molecule has 5 heteroatoms. The third-order valence-corrected chi connectivity index (χ3v) is 5.83. The lowest BCUT2D eigenvalue weighted by Crippen LogP contribution is -2.13. The summed E-state index contributed by atoms with van der Waals surface area (Å²) >= 11 is 0. The Morgan fingerprint density at radius 1 is 1.00 bits per heavy atom. The van der Waals surface area contributed by atoms with Crippen molar-refractivity contribution in [3.8, 4) is 11.8 Å². The number of imidazole rings is 1. The number of rotatable bonds is 7.